The Morgan fingerprint density at radius 2 is 1.16 bits per heavy atom. The summed E-state index contributed by atoms with van der Waals surface area (Å²) in [5.74, 6) is -0.951. The first kappa shape index (κ1) is 31.9. The fourth-order valence-corrected chi connectivity index (χ4v) is 2.05. The molecule has 0 aromatic heterocycles. The van der Waals surface area contributed by atoms with E-state index in [1.54, 1.807) is 0 Å². The number of quaternary nitrogens is 2. The molecular weight excluding hydrogens is 380 g/mol. The highest BCUT2D eigenvalue weighted by Gasteiger charge is 2.06. The van der Waals surface area contributed by atoms with Gasteiger partial charge in [0.1, 0.15) is 0 Å². The molecule has 0 aromatic carbocycles. The van der Waals surface area contributed by atoms with Gasteiger partial charge in [-0.2, -0.15) is 0 Å². The van der Waals surface area contributed by atoms with Crippen LogP contribution in [0, 0.1) is 0 Å². The van der Waals surface area contributed by atoms with Crippen LogP contribution in [0.5, 0.6) is 0 Å². The standard InChI is InChI=1S/C12H24O5S.2H3N.H2O4S/c1-2-3-4-5-6-7-8-9-10-11-12(13)17-18(14,15)16;;;1-5(2,3)4/h2-11H2,1H3,(H,14,15,16);2*1H3;(H2,1,2,3,4). The van der Waals surface area contributed by atoms with Gasteiger partial charge in [0.2, 0.25) is 10.4 Å². The van der Waals surface area contributed by atoms with Crippen LogP contribution in [0.1, 0.15) is 71.1 Å². The molecule has 0 atom stereocenters. The van der Waals surface area contributed by atoms with Crippen molar-refractivity contribution in [3.8, 4) is 0 Å². The summed E-state index contributed by atoms with van der Waals surface area (Å²) in [5, 5.41) is 0. The second kappa shape index (κ2) is 18.0. The Labute approximate surface area is 150 Å². The van der Waals surface area contributed by atoms with Crippen molar-refractivity contribution in [2.45, 2.75) is 71.1 Å². The zero-order valence-electron chi connectivity index (χ0n) is 15.1. The molecule has 0 aliphatic rings. The summed E-state index contributed by atoms with van der Waals surface area (Å²) >= 11 is 0. The van der Waals surface area contributed by atoms with Crippen molar-refractivity contribution in [3.63, 3.8) is 0 Å². The Balaban J connectivity index is -0.000000276. The molecule has 0 aromatic rings. The van der Waals surface area contributed by atoms with Crippen LogP contribution in [-0.4, -0.2) is 36.5 Å². The molecule has 0 unspecified atom stereocenters. The Morgan fingerprint density at radius 1 is 0.840 bits per heavy atom. The lowest BCUT2D eigenvalue weighted by atomic mass is 10.1. The maximum absolute atomic E-state index is 10.9. The number of carbonyl (C=O) groups excluding carboxylic acids is 1. The maximum atomic E-state index is 10.9. The van der Waals surface area contributed by atoms with Crippen molar-refractivity contribution in [2.75, 3.05) is 0 Å². The third kappa shape index (κ3) is 45.1. The molecule has 25 heavy (non-hydrogen) atoms. The number of rotatable bonds is 11. The van der Waals surface area contributed by atoms with E-state index in [0.717, 1.165) is 19.3 Å². The highest BCUT2D eigenvalue weighted by molar-refractivity contribution is 7.81. The fourth-order valence-electron chi connectivity index (χ4n) is 1.74. The summed E-state index contributed by atoms with van der Waals surface area (Å²) in [4.78, 5) is 10.9. The molecule has 0 amide bonds. The predicted molar refractivity (Wildman–Crippen MR) is 91.9 cm³/mol. The van der Waals surface area contributed by atoms with E-state index in [2.05, 4.69) is 11.1 Å². The van der Waals surface area contributed by atoms with Crippen molar-refractivity contribution in [1.82, 2.24) is 12.3 Å². The Kier molecular flexibility index (Phi) is 22.9. The molecule has 0 aliphatic heterocycles. The summed E-state index contributed by atoms with van der Waals surface area (Å²) in [6.07, 6.45) is 9.87. The van der Waals surface area contributed by atoms with E-state index in [4.69, 9.17) is 17.5 Å². The molecule has 0 heterocycles. The molecule has 13 heteroatoms. The number of carbonyl (C=O) groups is 1. The zero-order valence-corrected chi connectivity index (χ0v) is 16.7. The van der Waals surface area contributed by atoms with E-state index < -0.39 is 26.8 Å². The molecule has 0 saturated heterocycles. The second-order valence-corrected chi connectivity index (χ2v) is 6.71. The normalized spacial score (nSPS) is 10.6. The van der Waals surface area contributed by atoms with E-state index in [1.165, 1.54) is 32.1 Å². The maximum Gasteiger partial charge on any atom is 0.321 e. The first-order valence-corrected chi connectivity index (χ1v) is 10.0. The van der Waals surface area contributed by atoms with Gasteiger partial charge in [-0.15, -0.1) is 0 Å². The minimum atomic E-state index is -4.92. The minimum absolute atomic E-state index is 0. The van der Waals surface area contributed by atoms with Gasteiger partial charge < -0.3 is 25.6 Å². The lowest BCUT2D eigenvalue weighted by molar-refractivity contribution is -0.134. The second-order valence-electron chi connectivity index (χ2n) is 4.87. The average Bonchev–Trinajstić information content (AvgIpc) is 2.32. The van der Waals surface area contributed by atoms with Crippen LogP contribution in [-0.2, 0) is 29.8 Å². The van der Waals surface area contributed by atoms with Crippen molar-refractivity contribution in [2.24, 2.45) is 0 Å². The highest BCUT2D eigenvalue weighted by atomic mass is 32.3. The van der Waals surface area contributed by atoms with Crippen LogP contribution >= 0.6 is 0 Å². The molecular formula is C12H32N2O9S2. The number of hydrogen-bond acceptors (Lipinski definition) is 8. The van der Waals surface area contributed by atoms with Gasteiger partial charge in [0.05, 0.1) is 0 Å². The smallest absolute Gasteiger partial charge is 0.321 e. The number of unbranched alkanes of at least 4 members (excludes halogenated alkanes) is 8. The molecule has 0 saturated carbocycles. The molecule has 0 bridgehead atoms. The monoisotopic (exact) mass is 412 g/mol. The van der Waals surface area contributed by atoms with Crippen molar-refractivity contribution >= 4 is 26.8 Å². The molecule has 0 fully saturated rings. The molecule has 0 rings (SSSR count). The van der Waals surface area contributed by atoms with Crippen LogP contribution in [0.15, 0.2) is 0 Å². The van der Waals surface area contributed by atoms with Crippen LogP contribution in [0.3, 0.4) is 0 Å². The summed E-state index contributed by atoms with van der Waals surface area (Å²) in [7, 11) is -9.80. The Hall–Kier alpha value is -0.830. The van der Waals surface area contributed by atoms with Gasteiger partial charge in [0.15, 0.2) is 0 Å². The van der Waals surface area contributed by atoms with Crippen molar-refractivity contribution < 1.29 is 39.5 Å². The third-order valence-electron chi connectivity index (χ3n) is 2.68. The Bertz CT molecular complexity index is 499. The van der Waals surface area contributed by atoms with Gasteiger partial charge in [-0.05, 0) is 6.42 Å². The minimum Gasteiger partial charge on any atom is -0.726 e. The van der Waals surface area contributed by atoms with E-state index >= 15 is 0 Å². The van der Waals surface area contributed by atoms with Gasteiger partial charge >= 0.3 is 5.97 Å². The molecule has 0 radical (unpaired) electrons. The lowest BCUT2D eigenvalue weighted by Gasteiger charge is -2.06. The van der Waals surface area contributed by atoms with E-state index in [-0.39, 0.29) is 18.7 Å². The SMILES string of the molecule is CCCCCCCCCCCC(=O)OS(=O)(=O)[O-].O=S(=O)([O-])O.[NH4+].[NH4+]. The predicted octanol–water partition coefficient (Wildman–Crippen LogP) is 2.67. The van der Waals surface area contributed by atoms with Crippen LogP contribution in [0.2, 0.25) is 0 Å². The lowest BCUT2D eigenvalue weighted by Crippen LogP contribution is -2.11. The molecule has 156 valence electrons. The van der Waals surface area contributed by atoms with E-state index in [0.29, 0.717) is 6.42 Å². The van der Waals surface area contributed by atoms with Gasteiger partial charge in [0, 0.05) is 6.42 Å². The van der Waals surface area contributed by atoms with Crippen molar-refractivity contribution in [1.29, 1.82) is 0 Å². The third-order valence-corrected chi connectivity index (χ3v) is 3.07. The highest BCUT2D eigenvalue weighted by Crippen LogP contribution is 2.10. The topological polar surface area (TPSA) is 234 Å². The first-order valence-electron chi connectivity index (χ1n) is 7.32. The zero-order chi connectivity index (χ0) is 18.4. The van der Waals surface area contributed by atoms with Crippen molar-refractivity contribution in [3.05, 3.63) is 0 Å². The largest absolute Gasteiger partial charge is 0.726 e. The van der Waals surface area contributed by atoms with Gasteiger partial charge in [-0.1, -0.05) is 58.3 Å². The van der Waals surface area contributed by atoms with E-state index in [1.807, 2.05) is 0 Å². The molecule has 11 nitrogen and oxygen atoms in total. The number of hydrogen-bond donors (Lipinski definition) is 3. The summed E-state index contributed by atoms with van der Waals surface area (Å²) < 4.78 is 66.8. The van der Waals surface area contributed by atoms with Crippen LogP contribution in [0.4, 0.5) is 0 Å². The van der Waals surface area contributed by atoms with Gasteiger partial charge in [-0.25, -0.2) is 16.8 Å². The summed E-state index contributed by atoms with van der Waals surface area (Å²) in [6.45, 7) is 2.18. The molecule has 9 N–H and O–H groups in total. The molecule has 0 aliphatic carbocycles. The quantitative estimate of drug-likeness (QED) is 0.256. The fraction of sp³-hybridized carbons (Fsp3) is 0.917. The van der Waals surface area contributed by atoms with Crippen LogP contribution < -0.4 is 12.3 Å². The van der Waals surface area contributed by atoms with Gasteiger partial charge in [0.25, 0.3) is 10.4 Å². The summed E-state index contributed by atoms with van der Waals surface area (Å²) in [5.41, 5.74) is 0. The Morgan fingerprint density at radius 3 is 1.48 bits per heavy atom. The van der Waals surface area contributed by atoms with E-state index in [9.17, 15) is 17.8 Å². The molecule has 0 spiro atoms. The first-order chi connectivity index (χ1) is 10.5. The van der Waals surface area contributed by atoms with Gasteiger partial charge in [-0.3, -0.25) is 9.35 Å². The average molecular weight is 413 g/mol. The summed E-state index contributed by atoms with van der Waals surface area (Å²) in [6, 6.07) is 0. The van der Waals surface area contributed by atoms with Crippen LogP contribution in [0.25, 0.3) is 0 Å².